The van der Waals surface area contributed by atoms with Gasteiger partial charge in [-0.1, -0.05) is 20.8 Å². The molecule has 5 nitrogen and oxygen atoms in total. The summed E-state index contributed by atoms with van der Waals surface area (Å²) in [7, 11) is 0. The fraction of sp³-hybridized carbons (Fsp3) is 0.600. The summed E-state index contributed by atoms with van der Waals surface area (Å²) in [5.74, 6) is -0.322. The molecule has 0 bridgehead atoms. The Labute approximate surface area is 118 Å². The maximum atomic E-state index is 12.5. The quantitative estimate of drug-likeness (QED) is 0.923. The van der Waals surface area contributed by atoms with Gasteiger partial charge in [0.2, 0.25) is 0 Å². The lowest BCUT2D eigenvalue weighted by atomic mass is 9.76. The number of rotatable bonds is 3. The van der Waals surface area contributed by atoms with Gasteiger partial charge in [0, 0.05) is 13.0 Å². The number of carbonyl (C=O) groups excluding carboxylic acids is 1. The number of hydrogen-bond donors (Lipinski definition) is 1. The van der Waals surface area contributed by atoms with Gasteiger partial charge < -0.3 is 14.4 Å². The molecule has 1 N–H and O–H groups in total. The molecule has 2 rings (SSSR count). The third kappa shape index (κ3) is 2.57. The number of piperidine rings is 1. The Morgan fingerprint density at radius 2 is 2.15 bits per heavy atom. The molecular formula is C15H21NO4. The number of carboxylic acid groups (broad SMARTS) is 1. The standard InChI is InChI=1S/C15H21NO4/c1-4-10-6-7-11(20-10)13(17)16-9-5-8-15(2,3)12(16)14(18)19/h6-7,12H,4-5,8-9H2,1-3H3,(H,18,19). The lowest BCUT2D eigenvalue weighted by Gasteiger charge is -2.43. The van der Waals surface area contributed by atoms with E-state index in [4.69, 9.17) is 4.42 Å². The minimum atomic E-state index is -0.953. The fourth-order valence-corrected chi connectivity index (χ4v) is 2.90. The molecule has 0 aromatic carbocycles. The van der Waals surface area contributed by atoms with Gasteiger partial charge in [-0.05, 0) is 30.4 Å². The minimum Gasteiger partial charge on any atom is -0.480 e. The second-order valence-corrected chi connectivity index (χ2v) is 5.95. The molecule has 0 radical (unpaired) electrons. The van der Waals surface area contributed by atoms with Crippen molar-refractivity contribution in [2.75, 3.05) is 6.54 Å². The summed E-state index contributed by atoms with van der Waals surface area (Å²) in [6.07, 6.45) is 2.32. The van der Waals surface area contributed by atoms with Crippen LogP contribution in [0.3, 0.4) is 0 Å². The molecule has 1 saturated heterocycles. The molecule has 1 aliphatic heterocycles. The van der Waals surface area contributed by atoms with E-state index >= 15 is 0 Å². The van der Waals surface area contributed by atoms with Crippen molar-refractivity contribution < 1.29 is 19.1 Å². The average molecular weight is 279 g/mol. The Bertz CT molecular complexity index is 518. The van der Waals surface area contributed by atoms with E-state index in [1.54, 1.807) is 12.1 Å². The second-order valence-electron chi connectivity index (χ2n) is 5.95. The van der Waals surface area contributed by atoms with Gasteiger partial charge in [0.05, 0.1) is 0 Å². The largest absolute Gasteiger partial charge is 0.480 e. The number of carboxylic acids is 1. The smallest absolute Gasteiger partial charge is 0.326 e. The SMILES string of the molecule is CCc1ccc(C(=O)N2CCCC(C)(C)C2C(=O)O)o1. The van der Waals surface area contributed by atoms with E-state index in [2.05, 4.69) is 0 Å². The highest BCUT2D eigenvalue weighted by Crippen LogP contribution is 2.36. The molecule has 0 spiro atoms. The van der Waals surface area contributed by atoms with E-state index in [9.17, 15) is 14.7 Å². The van der Waals surface area contributed by atoms with Gasteiger partial charge >= 0.3 is 5.97 Å². The van der Waals surface area contributed by atoms with Crippen LogP contribution in [0.15, 0.2) is 16.5 Å². The molecule has 1 unspecified atom stereocenters. The van der Waals surface area contributed by atoms with Gasteiger partial charge in [0.15, 0.2) is 5.76 Å². The summed E-state index contributed by atoms with van der Waals surface area (Å²) in [4.78, 5) is 25.5. The van der Waals surface area contributed by atoms with Crippen molar-refractivity contribution in [3.05, 3.63) is 23.7 Å². The van der Waals surface area contributed by atoms with Crippen LogP contribution in [-0.2, 0) is 11.2 Å². The highest BCUT2D eigenvalue weighted by atomic mass is 16.4. The van der Waals surface area contributed by atoms with Gasteiger partial charge in [-0.3, -0.25) is 4.79 Å². The lowest BCUT2D eigenvalue weighted by molar-refractivity contribution is -0.148. The third-order valence-corrected chi connectivity index (χ3v) is 3.99. The summed E-state index contributed by atoms with van der Waals surface area (Å²) < 4.78 is 5.46. The second kappa shape index (κ2) is 5.31. The Morgan fingerprint density at radius 3 is 2.70 bits per heavy atom. The number of amides is 1. The molecule has 5 heteroatoms. The van der Waals surface area contributed by atoms with Crippen LogP contribution in [0.2, 0.25) is 0 Å². The van der Waals surface area contributed by atoms with Crippen LogP contribution in [0.25, 0.3) is 0 Å². The van der Waals surface area contributed by atoms with Crippen molar-refractivity contribution in [1.82, 2.24) is 4.90 Å². The molecular weight excluding hydrogens is 258 g/mol. The molecule has 2 heterocycles. The van der Waals surface area contributed by atoms with Crippen molar-refractivity contribution >= 4 is 11.9 Å². The molecule has 0 aliphatic carbocycles. The van der Waals surface area contributed by atoms with Crippen molar-refractivity contribution in [3.63, 3.8) is 0 Å². The van der Waals surface area contributed by atoms with Crippen molar-refractivity contribution in [3.8, 4) is 0 Å². The number of aliphatic carboxylic acids is 1. The van der Waals surface area contributed by atoms with Crippen LogP contribution in [0.4, 0.5) is 0 Å². The van der Waals surface area contributed by atoms with Crippen LogP contribution in [-0.4, -0.2) is 34.5 Å². The number of carbonyl (C=O) groups is 2. The summed E-state index contributed by atoms with van der Waals surface area (Å²) in [5, 5.41) is 9.47. The van der Waals surface area contributed by atoms with Gasteiger partial charge in [0.1, 0.15) is 11.8 Å². The van der Waals surface area contributed by atoms with Gasteiger partial charge in [0.25, 0.3) is 5.91 Å². The molecule has 1 aliphatic rings. The molecule has 1 amide bonds. The Kier molecular flexibility index (Phi) is 3.88. The summed E-state index contributed by atoms with van der Waals surface area (Å²) in [6, 6.07) is 2.58. The molecule has 1 fully saturated rings. The fourth-order valence-electron chi connectivity index (χ4n) is 2.90. The van der Waals surface area contributed by atoms with Crippen LogP contribution >= 0.6 is 0 Å². The zero-order valence-electron chi connectivity index (χ0n) is 12.2. The van der Waals surface area contributed by atoms with Crippen LogP contribution in [0.1, 0.15) is 49.9 Å². The highest BCUT2D eigenvalue weighted by molar-refractivity contribution is 5.94. The zero-order valence-corrected chi connectivity index (χ0v) is 12.2. The first-order chi connectivity index (χ1) is 9.36. The average Bonchev–Trinajstić information content (AvgIpc) is 2.84. The van der Waals surface area contributed by atoms with E-state index in [0.29, 0.717) is 13.0 Å². The Hall–Kier alpha value is -1.78. The van der Waals surface area contributed by atoms with Crippen LogP contribution in [0, 0.1) is 5.41 Å². The van der Waals surface area contributed by atoms with Crippen molar-refractivity contribution in [2.45, 2.75) is 46.1 Å². The summed E-state index contributed by atoms with van der Waals surface area (Å²) in [5.41, 5.74) is -0.431. The number of aryl methyl sites for hydroxylation is 1. The van der Waals surface area contributed by atoms with Gasteiger partial charge in [-0.25, -0.2) is 4.79 Å². The van der Waals surface area contributed by atoms with Crippen LogP contribution < -0.4 is 0 Å². The number of furan rings is 1. The first-order valence-electron chi connectivity index (χ1n) is 6.99. The van der Waals surface area contributed by atoms with E-state index < -0.39 is 17.4 Å². The van der Waals surface area contributed by atoms with Gasteiger partial charge in [-0.2, -0.15) is 0 Å². The van der Waals surface area contributed by atoms with E-state index in [1.165, 1.54) is 4.90 Å². The minimum absolute atomic E-state index is 0.228. The normalized spacial score (nSPS) is 21.8. The number of nitrogens with zero attached hydrogens (tertiary/aromatic N) is 1. The molecule has 20 heavy (non-hydrogen) atoms. The van der Waals surface area contributed by atoms with E-state index in [-0.39, 0.29) is 11.7 Å². The van der Waals surface area contributed by atoms with Gasteiger partial charge in [-0.15, -0.1) is 0 Å². The molecule has 1 aromatic rings. The molecule has 0 saturated carbocycles. The third-order valence-electron chi connectivity index (χ3n) is 3.99. The van der Waals surface area contributed by atoms with Crippen molar-refractivity contribution in [2.24, 2.45) is 5.41 Å². The molecule has 110 valence electrons. The monoisotopic (exact) mass is 279 g/mol. The zero-order chi connectivity index (χ0) is 14.9. The Morgan fingerprint density at radius 1 is 1.45 bits per heavy atom. The molecule has 1 atom stereocenters. The maximum absolute atomic E-state index is 12.5. The summed E-state index contributed by atoms with van der Waals surface area (Å²) in [6.45, 7) is 6.19. The lowest BCUT2D eigenvalue weighted by Crippen LogP contribution is -2.56. The Balaban J connectivity index is 2.29. The topological polar surface area (TPSA) is 70.8 Å². The van der Waals surface area contributed by atoms with E-state index in [0.717, 1.165) is 18.6 Å². The van der Waals surface area contributed by atoms with Crippen LogP contribution in [0.5, 0.6) is 0 Å². The van der Waals surface area contributed by atoms with Crippen molar-refractivity contribution in [1.29, 1.82) is 0 Å². The maximum Gasteiger partial charge on any atom is 0.326 e. The predicted molar refractivity (Wildman–Crippen MR) is 73.6 cm³/mol. The van der Waals surface area contributed by atoms with E-state index in [1.807, 2.05) is 20.8 Å². The highest BCUT2D eigenvalue weighted by Gasteiger charge is 2.45. The summed E-state index contributed by atoms with van der Waals surface area (Å²) >= 11 is 0. The first kappa shape index (κ1) is 14.6. The first-order valence-corrected chi connectivity index (χ1v) is 6.99. The molecule has 1 aromatic heterocycles. The number of hydrogen-bond acceptors (Lipinski definition) is 3. The number of likely N-dealkylation sites (tertiary alicyclic amines) is 1. The predicted octanol–water partition coefficient (Wildman–Crippen LogP) is 2.56.